The van der Waals surface area contributed by atoms with Crippen LogP contribution in [0.15, 0.2) is 48.5 Å². The summed E-state index contributed by atoms with van der Waals surface area (Å²) in [6.45, 7) is 6.72. The second-order valence-corrected chi connectivity index (χ2v) is 6.72. The molecule has 1 N–H and O–H groups in total. The van der Waals surface area contributed by atoms with E-state index in [1.807, 2.05) is 13.8 Å². The first kappa shape index (κ1) is 21.6. The number of rotatable bonds is 7. The Labute approximate surface area is 178 Å². The Morgan fingerprint density at radius 3 is 2.42 bits per heavy atom. The second kappa shape index (κ2) is 9.16. The molecule has 0 bridgehead atoms. The van der Waals surface area contributed by atoms with Gasteiger partial charge in [0.1, 0.15) is 0 Å². The fraction of sp³-hybridized carbons (Fsp3) is 0.238. The second-order valence-electron chi connectivity index (χ2n) is 6.72. The molecule has 0 saturated carbocycles. The molecule has 0 aliphatic heterocycles. The molecule has 3 aromatic rings. The Morgan fingerprint density at radius 2 is 1.81 bits per heavy atom. The van der Waals surface area contributed by atoms with Crippen LogP contribution in [-0.2, 0) is 0 Å². The van der Waals surface area contributed by atoms with Gasteiger partial charge in [-0.3, -0.25) is 19.7 Å². The summed E-state index contributed by atoms with van der Waals surface area (Å²) in [5, 5.41) is 21.6. The summed E-state index contributed by atoms with van der Waals surface area (Å²) >= 11 is 0. The van der Waals surface area contributed by atoms with E-state index in [0.717, 1.165) is 0 Å². The SMILES string of the molecule is CCN(CC)C(=O)c1ccc(NC(=O)c2nnn(-c3cccc([N+](=O)[O-])c3)c2C)cc1. The van der Waals surface area contributed by atoms with Crippen molar-refractivity contribution in [1.82, 2.24) is 19.9 Å². The lowest BCUT2D eigenvalue weighted by Gasteiger charge is -2.18. The Balaban J connectivity index is 1.77. The van der Waals surface area contributed by atoms with Gasteiger partial charge >= 0.3 is 0 Å². The lowest BCUT2D eigenvalue weighted by Crippen LogP contribution is -2.30. The van der Waals surface area contributed by atoms with Crippen molar-refractivity contribution in [2.24, 2.45) is 0 Å². The van der Waals surface area contributed by atoms with E-state index >= 15 is 0 Å². The number of nitrogens with zero attached hydrogens (tertiary/aromatic N) is 5. The molecule has 0 unspecified atom stereocenters. The Hall–Kier alpha value is -4.08. The van der Waals surface area contributed by atoms with Crippen LogP contribution in [0.4, 0.5) is 11.4 Å². The number of carbonyl (C=O) groups excluding carboxylic acids is 2. The maximum atomic E-state index is 12.7. The molecule has 0 spiro atoms. The van der Waals surface area contributed by atoms with E-state index in [9.17, 15) is 19.7 Å². The molecule has 31 heavy (non-hydrogen) atoms. The van der Waals surface area contributed by atoms with Crippen LogP contribution in [0.1, 0.15) is 40.4 Å². The molecule has 0 atom stereocenters. The van der Waals surface area contributed by atoms with Gasteiger partial charge in [0.25, 0.3) is 17.5 Å². The summed E-state index contributed by atoms with van der Waals surface area (Å²) < 4.78 is 1.37. The largest absolute Gasteiger partial charge is 0.339 e. The van der Waals surface area contributed by atoms with Gasteiger partial charge in [-0.2, -0.15) is 0 Å². The van der Waals surface area contributed by atoms with Crippen LogP contribution in [0.5, 0.6) is 0 Å². The summed E-state index contributed by atoms with van der Waals surface area (Å²) in [6.07, 6.45) is 0. The van der Waals surface area contributed by atoms with Gasteiger partial charge in [-0.05, 0) is 51.1 Å². The van der Waals surface area contributed by atoms with E-state index in [1.165, 1.54) is 22.9 Å². The number of hydrogen-bond acceptors (Lipinski definition) is 6. The van der Waals surface area contributed by atoms with Crippen molar-refractivity contribution in [2.75, 3.05) is 18.4 Å². The molecule has 0 saturated heterocycles. The normalized spacial score (nSPS) is 10.5. The van der Waals surface area contributed by atoms with Crippen molar-refractivity contribution in [1.29, 1.82) is 0 Å². The van der Waals surface area contributed by atoms with Gasteiger partial charge in [-0.25, -0.2) is 4.68 Å². The van der Waals surface area contributed by atoms with E-state index in [1.54, 1.807) is 42.2 Å². The first-order chi connectivity index (χ1) is 14.8. The zero-order valence-corrected chi connectivity index (χ0v) is 17.4. The number of aromatic nitrogens is 3. The predicted octanol–water partition coefficient (Wildman–Crippen LogP) is 3.22. The minimum atomic E-state index is -0.502. The highest BCUT2D eigenvalue weighted by molar-refractivity contribution is 6.04. The van der Waals surface area contributed by atoms with E-state index < -0.39 is 10.8 Å². The molecule has 10 heteroatoms. The molecule has 160 valence electrons. The molecule has 0 radical (unpaired) electrons. The minimum Gasteiger partial charge on any atom is -0.339 e. The molecule has 2 aromatic carbocycles. The molecule has 3 rings (SSSR count). The zero-order valence-electron chi connectivity index (χ0n) is 17.4. The third-order valence-electron chi connectivity index (χ3n) is 4.84. The summed E-state index contributed by atoms with van der Waals surface area (Å²) in [5.41, 5.74) is 1.91. The minimum absolute atomic E-state index is 0.0707. The van der Waals surface area contributed by atoms with Gasteiger partial charge in [0.05, 0.1) is 16.3 Å². The number of anilines is 1. The molecule has 0 aliphatic rings. The number of non-ortho nitro benzene ring substituents is 1. The fourth-order valence-corrected chi connectivity index (χ4v) is 3.10. The summed E-state index contributed by atoms with van der Waals surface area (Å²) in [5.74, 6) is -0.546. The van der Waals surface area contributed by atoms with Crippen LogP contribution >= 0.6 is 0 Å². The van der Waals surface area contributed by atoms with Crippen LogP contribution in [-0.4, -0.2) is 49.7 Å². The van der Waals surface area contributed by atoms with Crippen molar-refractivity contribution in [3.63, 3.8) is 0 Å². The highest BCUT2D eigenvalue weighted by Crippen LogP contribution is 2.19. The molecule has 2 amide bonds. The van der Waals surface area contributed by atoms with E-state index in [4.69, 9.17) is 0 Å². The maximum Gasteiger partial charge on any atom is 0.278 e. The number of hydrogen-bond donors (Lipinski definition) is 1. The summed E-state index contributed by atoms with van der Waals surface area (Å²) in [6, 6.07) is 12.5. The summed E-state index contributed by atoms with van der Waals surface area (Å²) in [7, 11) is 0. The molecule has 10 nitrogen and oxygen atoms in total. The first-order valence-electron chi connectivity index (χ1n) is 9.73. The Morgan fingerprint density at radius 1 is 1.13 bits per heavy atom. The Kier molecular flexibility index (Phi) is 6.39. The first-order valence-corrected chi connectivity index (χ1v) is 9.73. The van der Waals surface area contributed by atoms with Gasteiger partial charge < -0.3 is 10.2 Å². The van der Waals surface area contributed by atoms with Crippen molar-refractivity contribution in [2.45, 2.75) is 20.8 Å². The lowest BCUT2D eigenvalue weighted by molar-refractivity contribution is -0.384. The fourth-order valence-electron chi connectivity index (χ4n) is 3.10. The quantitative estimate of drug-likeness (QED) is 0.461. The number of amides is 2. The number of benzene rings is 2. The van der Waals surface area contributed by atoms with Crippen LogP contribution in [0, 0.1) is 17.0 Å². The zero-order chi connectivity index (χ0) is 22.5. The topological polar surface area (TPSA) is 123 Å². The van der Waals surface area contributed by atoms with Crippen molar-refractivity contribution in [3.8, 4) is 5.69 Å². The number of nitro benzene ring substituents is 1. The van der Waals surface area contributed by atoms with Gasteiger partial charge in [0.15, 0.2) is 5.69 Å². The van der Waals surface area contributed by atoms with Crippen molar-refractivity contribution >= 4 is 23.2 Å². The smallest absolute Gasteiger partial charge is 0.278 e. The van der Waals surface area contributed by atoms with Crippen molar-refractivity contribution < 1.29 is 14.5 Å². The standard InChI is InChI=1S/C21H22N6O4/c1-4-25(5-2)21(29)15-9-11-16(12-10-15)22-20(28)19-14(3)26(24-23-19)17-7-6-8-18(13-17)27(30)31/h6-13H,4-5H2,1-3H3,(H,22,28). The lowest BCUT2D eigenvalue weighted by atomic mass is 10.1. The van der Waals surface area contributed by atoms with Gasteiger partial charge in [-0.15, -0.1) is 5.10 Å². The van der Waals surface area contributed by atoms with Crippen LogP contribution in [0.25, 0.3) is 5.69 Å². The van der Waals surface area contributed by atoms with Crippen LogP contribution in [0.3, 0.4) is 0 Å². The van der Waals surface area contributed by atoms with Gasteiger partial charge in [0, 0.05) is 36.5 Å². The monoisotopic (exact) mass is 422 g/mol. The van der Waals surface area contributed by atoms with E-state index in [0.29, 0.717) is 35.7 Å². The van der Waals surface area contributed by atoms with Crippen molar-refractivity contribution in [3.05, 3.63) is 75.6 Å². The molecular weight excluding hydrogens is 400 g/mol. The molecule has 0 aliphatic carbocycles. The molecule has 0 fully saturated rings. The highest BCUT2D eigenvalue weighted by Gasteiger charge is 2.19. The van der Waals surface area contributed by atoms with E-state index in [2.05, 4.69) is 15.6 Å². The van der Waals surface area contributed by atoms with E-state index in [-0.39, 0.29) is 17.3 Å². The number of nitro groups is 1. The third-order valence-corrected chi connectivity index (χ3v) is 4.84. The third kappa shape index (κ3) is 4.58. The molecule has 1 aromatic heterocycles. The number of carbonyl (C=O) groups is 2. The number of nitrogens with one attached hydrogen (secondary N) is 1. The predicted molar refractivity (Wildman–Crippen MR) is 114 cm³/mol. The Bertz CT molecular complexity index is 1120. The average molecular weight is 422 g/mol. The van der Waals surface area contributed by atoms with Crippen LogP contribution < -0.4 is 5.32 Å². The van der Waals surface area contributed by atoms with Crippen LogP contribution in [0.2, 0.25) is 0 Å². The summed E-state index contributed by atoms with van der Waals surface area (Å²) in [4.78, 5) is 37.3. The molecular formula is C21H22N6O4. The average Bonchev–Trinajstić information content (AvgIpc) is 3.16. The highest BCUT2D eigenvalue weighted by atomic mass is 16.6. The van der Waals surface area contributed by atoms with Gasteiger partial charge in [-0.1, -0.05) is 11.3 Å². The molecule has 1 heterocycles. The van der Waals surface area contributed by atoms with Gasteiger partial charge in [0.2, 0.25) is 0 Å². The maximum absolute atomic E-state index is 12.7.